The van der Waals surface area contributed by atoms with Gasteiger partial charge in [-0.05, 0) is 50.2 Å². The van der Waals surface area contributed by atoms with E-state index in [-0.39, 0.29) is 0 Å². The first kappa shape index (κ1) is 15.6. The number of nitrogens with zero attached hydrogens (tertiary/aromatic N) is 2. The number of likely N-dealkylation sites (N-methyl/N-ethyl adjacent to an activating group) is 1. The molecule has 112 valence electrons. The van der Waals surface area contributed by atoms with Gasteiger partial charge in [-0.15, -0.1) is 0 Å². The molecule has 0 aliphatic carbocycles. The van der Waals surface area contributed by atoms with E-state index in [9.17, 15) is 0 Å². The Balaban J connectivity index is 1.52. The van der Waals surface area contributed by atoms with Crippen LogP contribution >= 0.6 is 11.6 Å². The third-order valence-corrected chi connectivity index (χ3v) is 4.12. The summed E-state index contributed by atoms with van der Waals surface area (Å²) in [6, 6.07) is 7.58. The molecule has 4 heteroatoms. The maximum absolute atomic E-state index is 5.84. The van der Waals surface area contributed by atoms with E-state index in [0.717, 1.165) is 23.8 Å². The molecule has 0 N–H and O–H groups in total. The zero-order chi connectivity index (χ0) is 14.2. The van der Waals surface area contributed by atoms with Gasteiger partial charge in [0.1, 0.15) is 5.75 Å². The standard InChI is InChI=1S/C16H25ClN2O/c1-2-18-10-12-19(13-11-18)9-3-4-14-20-16-7-5-15(17)6-8-16/h5-8H,2-4,9-14H2,1H3. The van der Waals surface area contributed by atoms with E-state index in [1.165, 1.54) is 45.7 Å². The Hall–Kier alpha value is -0.770. The van der Waals surface area contributed by atoms with Crippen LogP contribution < -0.4 is 4.74 Å². The van der Waals surface area contributed by atoms with Crippen molar-refractivity contribution in [3.63, 3.8) is 0 Å². The summed E-state index contributed by atoms with van der Waals surface area (Å²) in [5.41, 5.74) is 0. The Morgan fingerprint density at radius 1 is 1.00 bits per heavy atom. The van der Waals surface area contributed by atoms with Crippen molar-refractivity contribution in [1.82, 2.24) is 9.80 Å². The van der Waals surface area contributed by atoms with Crippen molar-refractivity contribution in [3.05, 3.63) is 29.3 Å². The molecule has 1 heterocycles. The Morgan fingerprint density at radius 3 is 2.30 bits per heavy atom. The molecule has 0 bridgehead atoms. The van der Waals surface area contributed by atoms with Gasteiger partial charge in [0, 0.05) is 31.2 Å². The topological polar surface area (TPSA) is 15.7 Å². The van der Waals surface area contributed by atoms with Crippen LogP contribution in [0, 0.1) is 0 Å². The van der Waals surface area contributed by atoms with Gasteiger partial charge in [0.15, 0.2) is 0 Å². The van der Waals surface area contributed by atoms with Gasteiger partial charge in [0.25, 0.3) is 0 Å². The summed E-state index contributed by atoms with van der Waals surface area (Å²) in [6.07, 6.45) is 2.32. The molecule has 0 spiro atoms. The Bertz CT molecular complexity index is 375. The highest BCUT2D eigenvalue weighted by molar-refractivity contribution is 6.30. The lowest BCUT2D eigenvalue weighted by Gasteiger charge is -2.33. The number of unbranched alkanes of at least 4 members (excludes halogenated alkanes) is 1. The Kier molecular flexibility index (Phi) is 6.64. The largest absolute Gasteiger partial charge is 0.494 e. The lowest BCUT2D eigenvalue weighted by Crippen LogP contribution is -2.46. The highest BCUT2D eigenvalue weighted by Gasteiger charge is 2.14. The monoisotopic (exact) mass is 296 g/mol. The Labute approximate surface area is 127 Å². The minimum atomic E-state index is 0.753. The summed E-state index contributed by atoms with van der Waals surface area (Å²) in [5.74, 6) is 0.908. The molecule has 20 heavy (non-hydrogen) atoms. The summed E-state index contributed by atoms with van der Waals surface area (Å²) >= 11 is 5.84. The number of ether oxygens (including phenoxy) is 1. The van der Waals surface area contributed by atoms with E-state index in [0.29, 0.717) is 0 Å². The van der Waals surface area contributed by atoms with Crippen molar-refractivity contribution >= 4 is 11.6 Å². The predicted molar refractivity (Wildman–Crippen MR) is 84.7 cm³/mol. The molecule has 1 aliphatic heterocycles. The molecule has 2 rings (SSSR count). The maximum atomic E-state index is 5.84. The highest BCUT2D eigenvalue weighted by Crippen LogP contribution is 2.15. The van der Waals surface area contributed by atoms with Crippen LogP contribution in [0.1, 0.15) is 19.8 Å². The minimum Gasteiger partial charge on any atom is -0.494 e. The SMILES string of the molecule is CCN1CCN(CCCCOc2ccc(Cl)cc2)CC1. The van der Waals surface area contributed by atoms with Crippen LogP contribution in [0.5, 0.6) is 5.75 Å². The molecule has 1 aromatic carbocycles. The van der Waals surface area contributed by atoms with E-state index >= 15 is 0 Å². The summed E-state index contributed by atoms with van der Waals surface area (Å²) in [6.45, 7) is 10.3. The van der Waals surface area contributed by atoms with Gasteiger partial charge < -0.3 is 14.5 Å². The van der Waals surface area contributed by atoms with Crippen molar-refractivity contribution in [1.29, 1.82) is 0 Å². The zero-order valence-electron chi connectivity index (χ0n) is 12.4. The second-order valence-corrected chi connectivity index (χ2v) is 5.72. The molecule has 0 saturated carbocycles. The van der Waals surface area contributed by atoms with E-state index < -0.39 is 0 Å². The minimum absolute atomic E-state index is 0.753. The quantitative estimate of drug-likeness (QED) is 0.719. The summed E-state index contributed by atoms with van der Waals surface area (Å²) in [5, 5.41) is 0.753. The maximum Gasteiger partial charge on any atom is 0.119 e. The van der Waals surface area contributed by atoms with E-state index in [1.807, 2.05) is 24.3 Å². The molecule has 1 aliphatic rings. The van der Waals surface area contributed by atoms with Crippen molar-refractivity contribution in [2.75, 3.05) is 45.9 Å². The zero-order valence-corrected chi connectivity index (χ0v) is 13.1. The van der Waals surface area contributed by atoms with Crippen molar-refractivity contribution < 1.29 is 4.74 Å². The van der Waals surface area contributed by atoms with Gasteiger partial charge >= 0.3 is 0 Å². The molecule has 1 fully saturated rings. The molecule has 0 radical (unpaired) electrons. The third kappa shape index (κ3) is 5.31. The summed E-state index contributed by atoms with van der Waals surface area (Å²) in [7, 11) is 0. The van der Waals surface area contributed by atoms with Crippen LogP contribution in [0.15, 0.2) is 24.3 Å². The van der Waals surface area contributed by atoms with Gasteiger partial charge in [-0.25, -0.2) is 0 Å². The van der Waals surface area contributed by atoms with E-state index in [4.69, 9.17) is 16.3 Å². The van der Waals surface area contributed by atoms with Crippen LogP contribution in [0.3, 0.4) is 0 Å². The molecule has 1 saturated heterocycles. The lowest BCUT2D eigenvalue weighted by atomic mass is 10.2. The second-order valence-electron chi connectivity index (χ2n) is 5.29. The van der Waals surface area contributed by atoms with Crippen molar-refractivity contribution in [2.24, 2.45) is 0 Å². The molecule has 3 nitrogen and oxygen atoms in total. The van der Waals surface area contributed by atoms with Gasteiger partial charge in [0.2, 0.25) is 0 Å². The van der Waals surface area contributed by atoms with Gasteiger partial charge in [-0.1, -0.05) is 18.5 Å². The first-order valence-corrected chi connectivity index (χ1v) is 7.99. The molecule has 0 unspecified atom stereocenters. The smallest absolute Gasteiger partial charge is 0.119 e. The molecular formula is C16H25ClN2O. The second kappa shape index (κ2) is 8.50. The van der Waals surface area contributed by atoms with Crippen LogP contribution in [0.4, 0.5) is 0 Å². The first-order valence-electron chi connectivity index (χ1n) is 7.61. The van der Waals surface area contributed by atoms with Gasteiger partial charge in [-0.3, -0.25) is 0 Å². The third-order valence-electron chi connectivity index (χ3n) is 3.86. The first-order chi connectivity index (χ1) is 9.78. The average molecular weight is 297 g/mol. The molecule has 1 aromatic rings. The lowest BCUT2D eigenvalue weighted by molar-refractivity contribution is 0.134. The van der Waals surface area contributed by atoms with Crippen molar-refractivity contribution in [2.45, 2.75) is 19.8 Å². The number of hydrogen-bond acceptors (Lipinski definition) is 3. The van der Waals surface area contributed by atoms with Crippen LogP contribution in [-0.2, 0) is 0 Å². The Morgan fingerprint density at radius 2 is 1.65 bits per heavy atom. The van der Waals surface area contributed by atoms with Crippen molar-refractivity contribution in [3.8, 4) is 5.75 Å². The fourth-order valence-electron chi connectivity index (χ4n) is 2.49. The van der Waals surface area contributed by atoms with Crippen LogP contribution in [-0.4, -0.2) is 55.7 Å². The average Bonchev–Trinajstić information content (AvgIpc) is 2.49. The van der Waals surface area contributed by atoms with Crippen LogP contribution in [0.25, 0.3) is 0 Å². The highest BCUT2D eigenvalue weighted by atomic mass is 35.5. The number of benzene rings is 1. The fourth-order valence-corrected chi connectivity index (χ4v) is 2.61. The summed E-state index contributed by atoms with van der Waals surface area (Å²) in [4.78, 5) is 5.08. The normalized spacial score (nSPS) is 17.3. The van der Waals surface area contributed by atoms with Crippen LogP contribution in [0.2, 0.25) is 5.02 Å². The molecule has 0 amide bonds. The van der Waals surface area contributed by atoms with Gasteiger partial charge in [-0.2, -0.15) is 0 Å². The molecule has 0 atom stereocenters. The summed E-state index contributed by atoms with van der Waals surface area (Å²) < 4.78 is 5.70. The van der Waals surface area contributed by atoms with E-state index in [2.05, 4.69) is 16.7 Å². The molecular weight excluding hydrogens is 272 g/mol. The molecule has 0 aromatic heterocycles. The van der Waals surface area contributed by atoms with E-state index in [1.54, 1.807) is 0 Å². The number of piperazine rings is 1. The number of hydrogen-bond donors (Lipinski definition) is 0. The van der Waals surface area contributed by atoms with Gasteiger partial charge in [0.05, 0.1) is 6.61 Å². The number of rotatable bonds is 7. The fraction of sp³-hybridized carbons (Fsp3) is 0.625. The number of halogens is 1. The predicted octanol–water partition coefficient (Wildman–Crippen LogP) is 3.14.